The average molecular weight is 250 g/mol. The Bertz CT molecular complexity index is 607. The minimum Gasteiger partial charge on any atom is -0.339 e. The van der Waals surface area contributed by atoms with Crippen LogP contribution in [0.15, 0.2) is 29.3 Å². The van der Waals surface area contributed by atoms with Crippen LogP contribution in [0.4, 0.5) is 11.5 Å². The monoisotopic (exact) mass is 249 g/mol. The molecule has 0 atom stereocenters. The zero-order chi connectivity index (χ0) is 12.4. The largest absolute Gasteiger partial charge is 0.339 e. The highest BCUT2D eigenvalue weighted by Gasteiger charge is 2.06. The highest BCUT2D eigenvalue weighted by Crippen LogP contribution is 2.25. The second kappa shape index (κ2) is 4.59. The molecule has 0 radical (unpaired) electrons. The van der Waals surface area contributed by atoms with Gasteiger partial charge in [0.25, 0.3) is 5.56 Å². The molecular weight excluding hydrogens is 238 g/mol. The lowest BCUT2D eigenvalue weighted by Crippen LogP contribution is -2.12. The molecule has 1 aromatic carbocycles. The van der Waals surface area contributed by atoms with Crippen molar-refractivity contribution in [2.75, 3.05) is 5.32 Å². The van der Waals surface area contributed by atoms with E-state index in [4.69, 9.17) is 11.6 Å². The lowest BCUT2D eigenvalue weighted by atomic mass is 10.2. The Labute approximate surface area is 104 Å². The predicted molar refractivity (Wildman–Crippen MR) is 69.1 cm³/mol. The van der Waals surface area contributed by atoms with Crippen LogP contribution in [0, 0.1) is 13.8 Å². The van der Waals surface area contributed by atoms with Crippen LogP contribution in [0.25, 0.3) is 0 Å². The summed E-state index contributed by atoms with van der Waals surface area (Å²) >= 11 is 6.10. The predicted octanol–water partition coefficient (Wildman–Crippen LogP) is 2.78. The third-order valence-corrected chi connectivity index (χ3v) is 2.78. The van der Waals surface area contributed by atoms with Crippen molar-refractivity contribution in [3.05, 3.63) is 51.0 Å². The van der Waals surface area contributed by atoms with Crippen molar-refractivity contribution in [1.29, 1.82) is 0 Å². The molecular formula is C12H12ClN3O. The van der Waals surface area contributed by atoms with E-state index < -0.39 is 0 Å². The van der Waals surface area contributed by atoms with Crippen LogP contribution in [-0.4, -0.2) is 9.97 Å². The number of halogens is 1. The van der Waals surface area contributed by atoms with E-state index in [-0.39, 0.29) is 5.56 Å². The van der Waals surface area contributed by atoms with Crippen molar-refractivity contribution in [1.82, 2.24) is 9.97 Å². The van der Waals surface area contributed by atoms with Crippen LogP contribution in [0.3, 0.4) is 0 Å². The van der Waals surface area contributed by atoms with E-state index in [0.717, 1.165) is 11.3 Å². The molecule has 0 saturated carbocycles. The number of hydrogen-bond donors (Lipinski definition) is 2. The Kier molecular flexibility index (Phi) is 3.15. The van der Waals surface area contributed by atoms with Gasteiger partial charge in [0, 0.05) is 0 Å². The normalized spacial score (nSPS) is 10.3. The van der Waals surface area contributed by atoms with Gasteiger partial charge in [-0.1, -0.05) is 17.7 Å². The standard InChI is InChI=1S/C12H12ClN3O/c1-7-3-4-10(9(13)5-7)16-11-8(2)12(17)15-6-14-11/h3-6H,1-2H3,(H2,14,15,16,17). The van der Waals surface area contributed by atoms with Gasteiger partial charge in [-0.25, -0.2) is 4.98 Å². The Hall–Kier alpha value is -1.81. The zero-order valence-electron chi connectivity index (χ0n) is 9.54. The van der Waals surface area contributed by atoms with E-state index in [1.165, 1.54) is 6.33 Å². The second-order valence-electron chi connectivity index (χ2n) is 3.81. The van der Waals surface area contributed by atoms with Gasteiger partial charge in [-0.05, 0) is 31.5 Å². The first-order valence-corrected chi connectivity index (χ1v) is 5.53. The fourth-order valence-corrected chi connectivity index (χ4v) is 1.73. The first kappa shape index (κ1) is 11.7. The molecule has 1 heterocycles. The highest BCUT2D eigenvalue weighted by molar-refractivity contribution is 6.33. The lowest BCUT2D eigenvalue weighted by molar-refractivity contribution is 1.08. The maximum atomic E-state index is 11.4. The summed E-state index contributed by atoms with van der Waals surface area (Å²) in [7, 11) is 0. The number of hydrogen-bond acceptors (Lipinski definition) is 3. The van der Waals surface area contributed by atoms with Crippen molar-refractivity contribution in [2.24, 2.45) is 0 Å². The number of aromatic amines is 1. The number of aryl methyl sites for hydroxylation is 1. The second-order valence-corrected chi connectivity index (χ2v) is 4.22. The first-order chi connectivity index (χ1) is 8.08. The Morgan fingerprint density at radius 1 is 1.35 bits per heavy atom. The third kappa shape index (κ3) is 2.47. The molecule has 0 aliphatic carbocycles. The number of aromatic nitrogens is 2. The summed E-state index contributed by atoms with van der Waals surface area (Å²) in [6.45, 7) is 3.67. The number of benzene rings is 1. The molecule has 88 valence electrons. The third-order valence-electron chi connectivity index (χ3n) is 2.46. The first-order valence-electron chi connectivity index (χ1n) is 5.15. The zero-order valence-corrected chi connectivity index (χ0v) is 10.3. The van der Waals surface area contributed by atoms with E-state index in [9.17, 15) is 4.79 Å². The van der Waals surface area contributed by atoms with Crippen LogP contribution >= 0.6 is 11.6 Å². The van der Waals surface area contributed by atoms with Crippen molar-refractivity contribution >= 4 is 23.1 Å². The average Bonchev–Trinajstić information content (AvgIpc) is 2.28. The molecule has 1 aromatic heterocycles. The number of H-pyrrole nitrogens is 1. The summed E-state index contributed by atoms with van der Waals surface area (Å²) in [5.74, 6) is 0.513. The van der Waals surface area contributed by atoms with Crippen molar-refractivity contribution in [2.45, 2.75) is 13.8 Å². The molecule has 5 heteroatoms. The summed E-state index contributed by atoms with van der Waals surface area (Å²) in [6.07, 6.45) is 1.36. The van der Waals surface area contributed by atoms with Gasteiger partial charge in [0.1, 0.15) is 5.82 Å². The molecule has 0 bridgehead atoms. The molecule has 4 nitrogen and oxygen atoms in total. The lowest BCUT2D eigenvalue weighted by Gasteiger charge is -2.09. The van der Waals surface area contributed by atoms with E-state index in [1.54, 1.807) is 6.92 Å². The quantitative estimate of drug-likeness (QED) is 0.861. The molecule has 0 fully saturated rings. The smallest absolute Gasteiger partial charge is 0.255 e. The van der Waals surface area contributed by atoms with Crippen LogP contribution in [0.5, 0.6) is 0 Å². The molecule has 2 aromatic rings. The Balaban J connectivity index is 2.38. The van der Waals surface area contributed by atoms with Crippen LogP contribution in [-0.2, 0) is 0 Å². The van der Waals surface area contributed by atoms with E-state index >= 15 is 0 Å². The number of nitrogens with one attached hydrogen (secondary N) is 2. The fraction of sp³-hybridized carbons (Fsp3) is 0.167. The molecule has 0 saturated heterocycles. The summed E-state index contributed by atoms with van der Waals surface area (Å²) in [4.78, 5) is 18.0. The van der Waals surface area contributed by atoms with E-state index in [1.807, 2.05) is 25.1 Å². The SMILES string of the molecule is Cc1ccc(Nc2nc[nH]c(=O)c2C)c(Cl)c1. The summed E-state index contributed by atoms with van der Waals surface area (Å²) in [5.41, 5.74) is 2.18. The number of anilines is 2. The molecule has 0 aliphatic rings. The molecule has 2 rings (SSSR count). The van der Waals surface area contributed by atoms with Gasteiger partial charge >= 0.3 is 0 Å². The van der Waals surface area contributed by atoms with E-state index in [0.29, 0.717) is 16.4 Å². The minimum atomic E-state index is -0.161. The number of nitrogens with zero attached hydrogens (tertiary/aromatic N) is 1. The summed E-state index contributed by atoms with van der Waals surface area (Å²) in [6, 6.07) is 5.66. The Morgan fingerprint density at radius 3 is 2.82 bits per heavy atom. The van der Waals surface area contributed by atoms with E-state index in [2.05, 4.69) is 15.3 Å². The molecule has 0 spiro atoms. The van der Waals surface area contributed by atoms with Gasteiger partial charge in [-0.3, -0.25) is 4.79 Å². The highest BCUT2D eigenvalue weighted by atomic mass is 35.5. The van der Waals surface area contributed by atoms with Gasteiger partial charge < -0.3 is 10.3 Å². The topological polar surface area (TPSA) is 57.8 Å². The summed E-state index contributed by atoms with van der Waals surface area (Å²) < 4.78 is 0. The molecule has 0 amide bonds. The van der Waals surface area contributed by atoms with Crippen molar-refractivity contribution < 1.29 is 0 Å². The van der Waals surface area contributed by atoms with Crippen LogP contribution < -0.4 is 10.9 Å². The molecule has 0 unspecified atom stereocenters. The fourth-order valence-electron chi connectivity index (χ4n) is 1.44. The minimum absolute atomic E-state index is 0.161. The van der Waals surface area contributed by atoms with Crippen molar-refractivity contribution in [3.63, 3.8) is 0 Å². The summed E-state index contributed by atoms with van der Waals surface area (Å²) in [5, 5.41) is 3.65. The van der Waals surface area contributed by atoms with Gasteiger partial charge in [-0.15, -0.1) is 0 Å². The van der Waals surface area contributed by atoms with Crippen LogP contribution in [0.2, 0.25) is 5.02 Å². The van der Waals surface area contributed by atoms with Gasteiger partial charge in [-0.2, -0.15) is 0 Å². The molecule has 0 aliphatic heterocycles. The van der Waals surface area contributed by atoms with Gasteiger partial charge in [0.15, 0.2) is 0 Å². The molecule has 17 heavy (non-hydrogen) atoms. The van der Waals surface area contributed by atoms with Gasteiger partial charge in [0.2, 0.25) is 0 Å². The van der Waals surface area contributed by atoms with Crippen molar-refractivity contribution in [3.8, 4) is 0 Å². The molecule has 2 N–H and O–H groups in total. The Morgan fingerprint density at radius 2 is 2.12 bits per heavy atom. The number of rotatable bonds is 2. The van der Waals surface area contributed by atoms with Gasteiger partial charge in [0.05, 0.1) is 22.6 Å². The van der Waals surface area contributed by atoms with Crippen LogP contribution in [0.1, 0.15) is 11.1 Å². The maximum absolute atomic E-state index is 11.4. The maximum Gasteiger partial charge on any atom is 0.255 e.